The Kier molecular flexibility index (Phi) is 4.64. The van der Waals surface area contributed by atoms with Crippen molar-refractivity contribution in [1.82, 2.24) is 10.2 Å². The second-order valence-electron chi connectivity index (χ2n) is 5.57. The van der Waals surface area contributed by atoms with Crippen molar-refractivity contribution in [2.75, 3.05) is 18.8 Å². The molecule has 2 fully saturated rings. The van der Waals surface area contributed by atoms with Crippen LogP contribution in [0.1, 0.15) is 39.0 Å². The van der Waals surface area contributed by atoms with Gasteiger partial charge in [-0.15, -0.1) is 0 Å². The van der Waals surface area contributed by atoms with Crippen molar-refractivity contribution in [2.24, 2.45) is 5.14 Å². The van der Waals surface area contributed by atoms with E-state index in [4.69, 9.17) is 5.14 Å². The summed E-state index contributed by atoms with van der Waals surface area (Å²) >= 11 is 0. The van der Waals surface area contributed by atoms with Gasteiger partial charge in [-0.1, -0.05) is 13.3 Å². The summed E-state index contributed by atoms with van der Waals surface area (Å²) in [5.74, 6) is 0.0892. The Labute approximate surface area is 110 Å². The number of piperidine rings is 2. The van der Waals surface area contributed by atoms with E-state index in [1.54, 1.807) is 0 Å². The topological polar surface area (TPSA) is 75.4 Å². The SMILES string of the molecule is CCNC1CC2CCCC(C1)N2CCS(N)(=O)=O. The van der Waals surface area contributed by atoms with Gasteiger partial charge in [-0.2, -0.15) is 0 Å². The summed E-state index contributed by atoms with van der Waals surface area (Å²) in [5, 5.41) is 8.65. The highest BCUT2D eigenvalue weighted by atomic mass is 32.2. The van der Waals surface area contributed by atoms with Crippen molar-refractivity contribution in [2.45, 2.75) is 57.2 Å². The molecule has 2 aliphatic rings. The smallest absolute Gasteiger partial charge is 0.210 e. The summed E-state index contributed by atoms with van der Waals surface area (Å²) in [7, 11) is -3.34. The van der Waals surface area contributed by atoms with E-state index in [1.807, 2.05) is 0 Å². The van der Waals surface area contributed by atoms with Gasteiger partial charge < -0.3 is 5.32 Å². The second-order valence-corrected chi connectivity index (χ2v) is 7.30. The Morgan fingerprint density at radius 1 is 1.28 bits per heavy atom. The van der Waals surface area contributed by atoms with Gasteiger partial charge in [-0.05, 0) is 32.2 Å². The molecule has 0 aromatic carbocycles. The number of hydrogen-bond donors (Lipinski definition) is 2. The van der Waals surface area contributed by atoms with Gasteiger partial charge in [0.05, 0.1) is 5.75 Å². The first-order chi connectivity index (χ1) is 8.49. The van der Waals surface area contributed by atoms with Crippen LogP contribution >= 0.6 is 0 Å². The largest absolute Gasteiger partial charge is 0.314 e. The first-order valence-corrected chi connectivity index (χ1v) is 8.70. The number of primary sulfonamides is 1. The quantitative estimate of drug-likeness (QED) is 0.755. The van der Waals surface area contributed by atoms with Crippen LogP contribution in [0.15, 0.2) is 0 Å². The minimum absolute atomic E-state index is 0.0892. The van der Waals surface area contributed by atoms with E-state index >= 15 is 0 Å². The maximum Gasteiger partial charge on any atom is 0.210 e. The van der Waals surface area contributed by atoms with Crippen LogP contribution in [0.5, 0.6) is 0 Å². The van der Waals surface area contributed by atoms with Gasteiger partial charge in [-0.3, -0.25) is 4.90 Å². The zero-order chi connectivity index (χ0) is 13.2. The van der Waals surface area contributed by atoms with Crippen LogP contribution in [0.25, 0.3) is 0 Å². The highest BCUT2D eigenvalue weighted by Crippen LogP contribution is 2.33. The molecule has 18 heavy (non-hydrogen) atoms. The zero-order valence-electron chi connectivity index (χ0n) is 11.1. The van der Waals surface area contributed by atoms with E-state index in [0.29, 0.717) is 24.7 Å². The minimum atomic E-state index is -3.34. The Balaban J connectivity index is 1.95. The molecular weight excluding hydrogens is 250 g/mol. The van der Waals surface area contributed by atoms with Gasteiger partial charge in [0.1, 0.15) is 0 Å². The van der Waals surface area contributed by atoms with Crippen LogP contribution in [0.2, 0.25) is 0 Å². The lowest BCUT2D eigenvalue weighted by Gasteiger charge is -2.49. The van der Waals surface area contributed by atoms with Gasteiger partial charge in [-0.25, -0.2) is 13.6 Å². The number of nitrogens with zero attached hydrogens (tertiary/aromatic N) is 1. The number of sulfonamides is 1. The monoisotopic (exact) mass is 275 g/mol. The first kappa shape index (κ1) is 14.2. The van der Waals surface area contributed by atoms with E-state index in [2.05, 4.69) is 17.1 Å². The zero-order valence-corrected chi connectivity index (χ0v) is 12.0. The maximum absolute atomic E-state index is 11.1. The fourth-order valence-corrected chi connectivity index (χ4v) is 4.00. The van der Waals surface area contributed by atoms with Crippen molar-refractivity contribution in [1.29, 1.82) is 0 Å². The molecule has 2 saturated heterocycles. The van der Waals surface area contributed by atoms with Crippen molar-refractivity contribution < 1.29 is 8.42 Å². The number of fused-ring (bicyclic) bond motifs is 2. The molecule has 0 aliphatic carbocycles. The van der Waals surface area contributed by atoms with E-state index in [9.17, 15) is 8.42 Å². The minimum Gasteiger partial charge on any atom is -0.314 e. The third-order valence-electron chi connectivity index (χ3n) is 4.25. The fourth-order valence-electron chi connectivity index (χ4n) is 3.53. The standard InChI is InChI=1S/C12H25N3O2S/c1-2-14-10-8-11-4-3-5-12(9-10)15(11)6-7-18(13,16)17/h10-12,14H,2-9H2,1H3,(H2,13,16,17). The summed E-state index contributed by atoms with van der Waals surface area (Å²) in [5.41, 5.74) is 0. The third kappa shape index (κ3) is 3.66. The van der Waals surface area contributed by atoms with Crippen LogP contribution in [-0.2, 0) is 10.0 Å². The molecule has 0 aromatic heterocycles. The molecule has 0 aromatic rings. The predicted octanol–water partition coefficient (Wildman–Crippen LogP) is 0.270. The van der Waals surface area contributed by atoms with Gasteiger partial charge in [0.2, 0.25) is 10.0 Å². The molecule has 2 heterocycles. The lowest BCUT2D eigenvalue weighted by molar-refractivity contribution is 0.0304. The Hall–Kier alpha value is -0.170. The highest BCUT2D eigenvalue weighted by molar-refractivity contribution is 7.89. The molecule has 0 saturated carbocycles. The summed E-state index contributed by atoms with van der Waals surface area (Å²) in [6, 6.07) is 1.70. The molecule has 0 amide bonds. The van der Waals surface area contributed by atoms with Crippen molar-refractivity contribution in [3.63, 3.8) is 0 Å². The van der Waals surface area contributed by atoms with Crippen LogP contribution in [0.4, 0.5) is 0 Å². The van der Waals surface area contributed by atoms with E-state index in [-0.39, 0.29) is 5.75 Å². The average molecular weight is 275 g/mol. The van der Waals surface area contributed by atoms with Gasteiger partial charge >= 0.3 is 0 Å². The Morgan fingerprint density at radius 3 is 2.39 bits per heavy atom. The van der Waals surface area contributed by atoms with Gasteiger partial charge in [0, 0.05) is 24.7 Å². The van der Waals surface area contributed by atoms with Crippen molar-refractivity contribution in [3.05, 3.63) is 0 Å². The Morgan fingerprint density at radius 2 is 1.89 bits per heavy atom. The van der Waals surface area contributed by atoms with E-state index < -0.39 is 10.0 Å². The molecule has 6 heteroatoms. The summed E-state index contributed by atoms with van der Waals surface area (Å²) in [4.78, 5) is 2.39. The number of nitrogens with two attached hydrogens (primary N) is 1. The van der Waals surface area contributed by atoms with E-state index in [1.165, 1.54) is 19.3 Å². The molecule has 3 N–H and O–H groups in total. The molecule has 2 aliphatic heterocycles. The highest BCUT2D eigenvalue weighted by Gasteiger charge is 2.37. The molecule has 5 nitrogen and oxygen atoms in total. The summed E-state index contributed by atoms with van der Waals surface area (Å²) < 4.78 is 22.2. The summed E-state index contributed by atoms with van der Waals surface area (Å²) in [6.07, 6.45) is 5.97. The van der Waals surface area contributed by atoms with Crippen molar-refractivity contribution >= 4 is 10.0 Å². The molecule has 2 bridgehead atoms. The van der Waals surface area contributed by atoms with Crippen LogP contribution in [0.3, 0.4) is 0 Å². The van der Waals surface area contributed by atoms with Gasteiger partial charge in [0.25, 0.3) is 0 Å². The lowest BCUT2D eigenvalue weighted by Crippen LogP contribution is -2.57. The molecule has 2 unspecified atom stereocenters. The Bertz CT molecular complexity index is 358. The number of nitrogens with one attached hydrogen (secondary N) is 1. The van der Waals surface area contributed by atoms with Crippen LogP contribution in [-0.4, -0.2) is 50.3 Å². The normalized spacial score (nSPS) is 33.6. The fraction of sp³-hybridized carbons (Fsp3) is 1.00. The van der Waals surface area contributed by atoms with Gasteiger partial charge in [0.15, 0.2) is 0 Å². The maximum atomic E-state index is 11.1. The molecule has 0 spiro atoms. The number of hydrogen-bond acceptors (Lipinski definition) is 4. The average Bonchev–Trinajstić information content (AvgIpc) is 2.25. The molecule has 106 valence electrons. The summed E-state index contributed by atoms with van der Waals surface area (Å²) in [6.45, 7) is 3.76. The van der Waals surface area contributed by atoms with Crippen LogP contribution in [0, 0.1) is 0 Å². The third-order valence-corrected chi connectivity index (χ3v) is 5.00. The predicted molar refractivity (Wildman–Crippen MR) is 72.8 cm³/mol. The number of rotatable bonds is 5. The van der Waals surface area contributed by atoms with E-state index in [0.717, 1.165) is 19.4 Å². The molecule has 2 rings (SSSR count). The molecular formula is C12H25N3O2S. The van der Waals surface area contributed by atoms with Crippen molar-refractivity contribution in [3.8, 4) is 0 Å². The molecule has 2 atom stereocenters. The second kappa shape index (κ2) is 5.86. The first-order valence-electron chi connectivity index (χ1n) is 6.99. The lowest BCUT2D eigenvalue weighted by atomic mass is 9.82. The van der Waals surface area contributed by atoms with Crippen LogP contribution < -0.4 is 10.5 Å². The molecule has 0 radical (unpaired) electrons.